The molecule has 1 rings (SSSR count). The van der Waals surface area contributed by atoms with Gasteiger partial charge < -0.3 is 10.6 Å². The van der Waals surface area contributed by atoms with Gasteiger partial charge in [-0.15, -0.1) is 0 Å². The van der Waals surface area contributed by atoms with Crippen molar-refractivity contribution < 1.29 is 13.2 Å². The van der Waals surface area contributed by atoms with Gasteiger partial charge in [0.2, 0.25) is 5.91 Å². The number of halogens is 1. The fraction of sp³-hybridized carbons (Fsp3) is 0.364. The summed E-state index contributed by atoms with van der Waals surface area (Å²) in [6, 6.07) is 6.48. The molecule has 100 valence electrons. The highest BCUT2D eigenvalue weighted by molar-refractivity contribution is 9.10. The quantitative estimate of drug-likeness (QED) is 0.745. The number of sulfone groups is 1. The molecule has 0 aliphatic rings. The second-order valence-electron chi connectivity index (χ2n) is 3.62. The lowest BCUT2D eigenvalue weighted by Gasteiger charge is -2.06. The van der Waals surface area contributed by atoms with Gasteiger partial charge >= 0.3 is 0 Å². The Bertz CT molecular complexity index is 500. The van der Waals surface area contributed by atoms with Crippen molar-refractivity contribution in [3.8, 4) is 0 Å². The molecule has 0 aliphatic heterocycles. The number of rotatable bonds is 6. The van der Waals surface area contributed by atoms with Crippen LogP contribution in [0.25, 0.3) is 0 Å². The molecule has 0 atom stereocenters. The van der Waals surface area contributed by atoms with Gasteiger partial charge in [0.1, 0.15) is 0 Å². The van der Waals surface area contributed by atoms with E-state index in [9.17, 15) is 13.2 Å². The van der Waals surface area contributed by atoms with Gasteiger partial charge in [0.15, 0.2) is 9.84 Å². The van der Waals surface area contributed by atoms with E-state index >= 15 is 0 Å². The molecular formula is C11H15BrN2O3S. The topological polar surface area (TPSA) is 75.3 Å². The third-order valence-electron chi connectivity index (χ3n) is 2.28. The minimum atomic E-state index is -3.30. The van der Waals surface area contributed by atoms with E-state index in [1.165, 1.54) is 7.05 Å². The molecule has 0 aliphatic carbocycles. The monoisotopic (exact) mass is 334 g/mol. The molecule has 0 saturated heterocycles. The van der Waals surface area contributed by atoms with Gasteiger partial charge in [-0.25, -0.2) is 8.42 Å². The Morgan fingerprint density at radius 2 is 1.89 bits per heavy atom. The van der Waals surface area contributed by atoms with Crippen molar-refractivity contribution in [1.29, 1.82) is 0 Å². The van der Waals surface area contributed by atoms with E-state index < -0.39 is 9.84 Å². The standard InChI is InChI=1S/C11H15BrN2O3S/c1-13-11(15)8-14-6-7-18(16,17)10-4-2-9(12)3-5-10/h2-5,14H,6-8H2,1H3,(H,13,15). The van der Waals surface area contributed by atoms with Crippen LogP contribution >= 0.6 is 15.9 Å². The van der Waals surface area contributed by atoms with Crippen LogP contribution in [-0.4, -0.2) is 40.2 Å². The second-order valence-corrected chi connectivity index (χ2v) is 6.65. The molecule has 0 unspecified atom stereocenters. The molecule has 1 aromatic carbocycles. The van der Waals surface area contributed by atoms with Gasteiger partial charge in [0.25, 0.3) is 0 Å². The van der Waals surface area contributed by atoms with Crippen LogP contribution in [0.3, 0.4) is 0 Å². The number of amides is 1. The smallest absolute Gasteiger partial charge is 0.233 e. The van der Waals surface area contributed by atoms with E-state index in [0.717, 1.165) is 4.47 Å². The maximum Gasteiger partial charge on any atom is 0.233 e. The van der Waals surface area contributed by atoms with Gasteiger partial charge in [0.05, 0.1) is 17.2 Å². The number of hydrogen-bond donors (Lipinski definition) is 2. The van der Waals surface area contributed by atoms with Crippen LogP contribution in [0, 0.1) is 0 Å². The Labute approximate surface area is 115 Å². The summed E-state index contributed by atoms with van der Waals surface area (Å²) in [4.78, 5) is 11.2. The average Bonchev–Trinajstić information content (AvgIpc) is 2.35. The zero-order valence-corrected chi connectivity index (χ0v) is 12.3. The molecule has 2 N–H and O–H groups in total. The van der Waals surface area contributed by atoms with Crippen molar-refractivity contribution in [2.24, 2.45) is 0 Å². The highest BCUT2D eigenvalue weighted by Gasteiger charge is 2.13. The van der Waals surface area contributed by atoms with Crippen LogP contribution in [0.5, 0.6) is 0 Å². The fourth-order valence-electron chi connectivity index (χ4n) is 1.26. The van der Waals surface area contributed by atoms with Crippen molar-refractivity contribution in [1.82, 2.24) is 10.6 Å². The zero-order chi connectivity index (χ0) is 13.6. The fourth-order valence-corrected chi connectivity index (χ4v) is 2.72. The van der Waals surface area contributed by atoms with Crippen molar-refractivity contribution in [2.75, 3.05) is 25.9 Å². The lowest BCUT2D eigenvalue weighted by atomic mass is 10.4. The summed E-state index contributed by atoms with van der Waals surface area (Å²) >= 11 is 3.25. The van der Waals surface area contributed by atoms with E-state index in [1.807, 2.05) is 0 Å². The van der Waals surface area contributed by atoms with Gasteiger partial charge in [-0.1, -0.05) is 15.9 Å². The van der Waals surface area contributed by atoms with Gasteiger partial charge in [-0.3, -0.25) is 4.79 Å². The first-order chi connectivity index (χ1) is 8.45. The van der Waals surface area contributed by atoms with Crippen LogP contribution in [0.1, 0.15) is 0 Å². The Hall–Kier alpha value is -0.920. The summed E-state index contributed by atoms with van der Waals surface area (Å²) in [6.07, 6.45) is 0. The largest absolute Gasteiger partial charge is 0.358 e. The lowest BCUT2D eigenvalue weighted by molar-refractivity contribution is -0.119. The maximum absolute atomic E-state index is 11.9. The third kappa shape index (κ3) is 4.75. The van der Waals surface area contributed by atoms with Crippen LogP contribution in [0.4, 0.5) is 0 Å². The average molecular weight is 335 g/mol. The van der Waals surface area contributed by atoms with Crippen molar-refractivity contribution in [3.63, 3.8) is 0 Å². The summed E-state index contributed by atoms with van der Waals surface area (Å²) in [5.41, 5.74) is 0. The third-order valence-corrected chi connectivity index (χ3v) is 4.55. The lowest BCUT2D eigenvalue weighted by Crippen LogP contribution is -2.33. The molecule has 0 saturated carbocycles. The molecule has 0 radical (unpaired) electrons. The predicted octanol–water partition coefficient (Wildman–Crippen LogP) is 0.558. The molecule has 0 bridgehead atoms. The summed E-state index contributed by atoms with van der Waals surface area (Å²) in [6.45, 7) is 0.359. The Balaban J connectivity index is 2.50. The molecule has 1 aromatic rings. The molecule has 7 heteroatoms. The summed E-state index contributed by atoms with van der Waals surface area (Å²) in [5, 5.41) is 5.22. The second kappa shape index (κ2) is 6.86. The number of nitrogens with one attached hydrogen (secondary N) is 2. The Morgan fingerprint density at radius 3 is 2.44 bits per heavy atom. The highest BCUT2D eigenvalue weighted by atomic mass is 79.9. The first kappa shape index (κ1) is 15.1. The number of benzene rings is 1. The molecule has 0 heterocycles. The normalized spacial score (nSPS) is 11.2. The Kier molecular flexibility index (Phi) is 5.77. The van der Waals surface area contributed by atoms with E-state index in [2.05, 4.69) is 26.6 Å². The number of carbonyl (C=O) groups is 1. The van der Waals surface area contributed by atoms with Crippen molar-refractivity contribution >= 4 is 31.7 Å². The van der Waals surface area contributed by atoms with E-state index in [4.69, 9.17) is 0 Å². The first-order valence-corrected chi connectivity index (χ1v) is 7.80. The van der Waals surface area contributed by atoms with E-state index in [-0.39, 0.29) is 29.6 Å². The van der Waals surface area contributed by atoms with Crippen LogP contribution < -0.4 is 10.6 Å². The van der Waals surface area contributed by atoms with Crippen molar-refractivity contribution in [3.05, 3.63) is 28.7 Å². The zero-order valence-electron chi connectivity index (χ0n) is 9.94. The van der Waals surface area contributed by atoms with E-state index in [0.29, 0.717) is 0 Å². The van der Waals surface area contributed by atoms with E-state index in [1.54, 1.807) is 24.3 Å². The maximum atomic E-state index is 11.9. The SMILES string of the molecule is CNC(=O)CNCCS(=O)(=O)c1ccc(Br)cc1. The molecule has 0 fully saturated rings. The van der Waals surface area contributed by atoms with Crippen LogP contribution in [0.15, 0.2) is 33.6 Å². The first-order valence-electron chi connectivity index (χ1n) is 5.35. The molecule has 18 heavy (non-hydrogen) atoms. The Morgan fingerprint density at radius 1 is 1.28 bits per heavy atom. The van der Waals surface area contributed by atoms with Crippen molar-refractivity contribution in [2.45, 2.75) is 4.90 Å². The number of carbonyl (C=O) groups excluding carboxylic acids is 1. The van der Waals surface area contributed by atoms with Crippen LogP contribution in [0.2, 0.25) is 0 Å². The molecule has 5 nitrogen and oxygen atoms in total. The highest BCUT2D eigenvalue weighted by Crippen LogP contribution is 2.15. The van der Waals surface area contributed by atoms with Gasteiger partial charge in [-0.05, 0) is 24.3 Å². The molecule has 0 aromatic heterocycles. The summed E-state index contributed by atoms with van der Waals surface area (Å²) in [5.74, 6) is -0.206. The minimum absolute atomic E-state index is 0.0361. The number of hydrogen-bond acceptors (Lipinski definition) is 4. The summed E-state index contributed by atoms with van der Waals surface area (Å²) in [7, 11) is -1.77. The minimum Gasteiger partial charge on any atom is -0.358 e. The molecule has 0 spiro atoms. The van der Waals surface area contributed by atoms with Crippen LogP contribution in [-0.2, 0) is 14.6 Å². The molecular weight excluding hydrogens is 320 g/mol. The summed E-state index contributed by atoms with van der Waals surface area (Å²) < 4.78 is 24.6. The van der Waals surface area contributed by atoms with Gasteiger partial charge in [0, 0.05) is 18.1 Å². The number of likely N-dealkylation sites (N-methyl/N-ethyl adjacent to an activating group) is 1. The van der Waals surface area contributed by atoms with Gasteiger partial charge in [-0.2, -0.15) is 0 Å². The molecule has 1 amide bonds. The predicted molar refractivity (Wildman–Crippen MR) is 73.1 cm³/mol.